The lowest BCUT2D eigenvalue weighted by atomic mass is 9.96. The first-order valence-corrected chi connectivity index (χ1v) is 8.64. The van der Waals surface area contributed by atoms with Crippen molar-refractivity contribution < 1.29 is 14.1 Å². The van der Waals surface area contributed by atoms with Gasteiger partial charge in [-0.05, 0) is 36.2 Å². The van der Waals surface area contributed by atoms with Crippen molar-refractivity contribution in [3.8, 4) is 17.1 Å². The van der Waals surface area contributed by atoms with Gasteiger partial charge in [0.25, 0.3) is 0 Å². The van der Waals surface area contributed by atoms with Crippen LogP contribution in [0.15, 0.2) is 65.2 Å². The van der Waals surface area contributed by atoms with E-state index in [1.54, 1.807) is 7.11 Å². The number of ether oxygens (including phenoxy) is 1. The van der Waals surface area contributed by atoms with Crippen molar-refractivity contribution in [3.63, 3.8) is 0 Å². The number of aromatic nitrogens is 1. The zero-order valence-corrected chi connectivity index (χ0v) is 14.9. The second-order valence-corrected chi connectivity index (χ2v) is 6.00. The molecule has 0 fully saturated rings. The zero-order valence-electron chi connectivity index (χ0n) is 14.9. The summed E-state index contributed by atoms with van der Waals surface area (Å²) in [6, 6.07) is 19.2. The minimum Gasteiger partial charge on any atom is -0.497 e. The summed E-state index contributed by atoms with van der Waals surface area (Å²) in [5, 5.41) is 6.99. The van der Waals surface area contributed by atoms with Crippen LogP contribution < -0.4 is 10.1 Å². The van der Waals surface area contributed by atoms with Crippen LogP contribution in [0.1, 0.15) is 30.5 Å². The van der Waals surface area contributed by atoms with Crippen molar-refractivity contribution in [2.24, 2.45) is 0 Å². The number of benzene rings is 2. The molecule has 2 aromatic carbocycles. The molecule has 1 aromatic heterocycles. The molecule has 5 heteroatoms. The molecule has 0 aliphatic carbocycles. The molecule has 0 aliphatic rings. The monoisotopic (exact) mass is 350 g/mol. The van der Waals surface area contributed by atoms with E-state index in [-0.39, 0.29) is 11.8 Å². The maximum absolute atomic E-state index is 12.5. The molecule has 3 aromatic rings. The van der Waals surface area contributed by atoms with Crippen LogP contribution in [0, 0.1) is 0 Å². The van der Waals surface area contributed by atoms with Crippen LogP contribution in [0.25, 0.3) is 11.3 Å². The Morgan fingerprint density at radius 2 is 1.88 bits per heavy atom. The Morgan fingerprint density at radius 1 is 1.15 bits per heavy atom. The van der Waals surface area contributed by atoms with Crippen molar-refractivity contribution in [1.82, 2.24) is 10.5 Å². The first kappa shape index (κ1) is 17.7. The number of carbonyl (C=O) groups excluding carboxylic acids is 1. The molecule has 3 rings (SSSR count). The summed E-state index contributed by atoms with van der Waals surface area (Å²) in [5.74, 6) is 1.27. The molecule has 1 amide bonds. The molecule has 1 heterocycles. The van der Waals surface area contributed by atoms with E-state index in [2.05, 4.69) is 10.5 Å². The SMILES string of the molecule is CCC(C(=O)NCc1cc(-c2ccc(OC)cc2)on1)c1ccccc1. The number of nitrogens with zero attached hydrogens (tertiary/aromatic N) is 1. The Kier molecular flexibility index (Phi) is 5.69. The van der Waals surface area contributed by atoms with E-state index in [0.717, 1.165) is 23.3 Å². The van der Waals surface area contributed by atoms with Crippen LogP contribution in [-0.4, -0.2) is 18.2 Å². The second kappa shape index (κ2) is 8.34. The van der Waals surface area contributed by atoms with Crippen molar-refractivity contribution in [3.05, 3.63) is 71.9 Å². The molecule has 0 saturated heterocycles. The third-order valence-corrected chi connectivity index (χ3v) is 4.30. The van der Waals surface area contributed by atoms with Crippen molar-refractivity contribution in [2.45, 2.75) is 25.8 Å². The van der Waals surface area contributed by atoms with E-state index in [4.69, 9.17) is 9.26 Å². The molecule has 134 valence electrons. The molecular weight excluding hydrogens is 328 g/mol. The average molecular weight is 350 g/mol. The molecule has 0 aliphatic heterocycles. The van der Waals surface area contributed by atoms with E-state index < -0.39 is 0 Å². The van der Waals surface area contributed by atoms with Gasteiger partial charge in [-0.15, -0.1) is 0 Å². The molecule has 0 bridgehead atoms. The number of nitrogens with one attached hydrogen (secondary N) is 1. The van der Waals surface area contributed by atoms with Crippen molar-refractivity contribution >= 4 is 5.91 Å². The fourth-order valence-electron chi connectivity index (χ4n) is 2.85. The first-order chi connectivity index (χ1) is 12.7. The lowest BCUT2D eigenvalue weighted by Crippen LogP contribution is -2.28. The number of methoxy groups -OCH3 is 1. The minimum atomic E-state index is -0.163. The predicted octanol–water partition coefficient (Wildman–Crippen LogP) is 4.16. The average Bonchev–Trinajstić information content (AvgIpc) is 3.17. The van der Waals surface area contributed by atoms with E-state index in [1.807, 2.05) is 67.6 Å². The first-order valence-electron chi connectivity index (χ1n) is 8.64. The van der Waals surface area contributed by atoms with Crippen molar-refractivity contribution in [1.29, 1.82) is 0 Å². The van der Waals surface area contributed by atoms with Crippen LogP contribution in [0.2, 0.25) is 0 Å². The summed E-state index contributed by atoms with van der Waals surface area (Å²) in [4.78, 5) is 12.5. The van der Waals surface area contributed by atoms with Gasteiger partial charge in [0.15, 0.2) is 5.76 Å². The molecule has 0 radical (unpaired) electrons. The topological polar surface area (TPSA) is 64.4 Å². The number of hydrogen-bond acceptors (Lipinski definition) is 4. The highest BCUT2D eigenvalue weighted by atomic mass is 16.5. The smallest absolute Gasteiger partial charge is 0.227 e. The maximum atomic E-state index is 12.5. The summed E-state index contributed by atoms with van der Waals surface area (Å²) in [6.07, 6.45) is 0.742. The van der Waals surface area contributed by atoms with Crippen LogP contribution in [0.3, 0.4) is 0 Å². The van der Waals surface area contributed by atoms with E-state index >= 15 is 0 Å². The van der Waals surface area contributed by atoms with Gasteiger partial charge < -0.3 is 14.6 Å². The third kappa shape index (κ3) is 4.11. The summed E-state index contributed by atoms with van der Waals surface area (Å²) in [5.41, 5.74) is 2.62. The van der Waals surface area contributed by atoms with Gasteiger partial charge in [-0.25, -0.2) is 0 Å². The molecule has 0 saturated carbocycles. The molecule has 1 N–H and O–H groups in total. The lowest BCUT2D eigenvalue weighted by Gasteiger charge is -2.14. The second-order valence-electron chi connectivity index (χ2n) is 6.00. The fourth-order valence-corrected chi connectivity index (χ4v) is 2.85. The van der Waals surface area contributed by atoms with Crippen LogP contribution >= 0.6 is 0 Å². The Bertz CT molecular complexity index is 841. The van der Waals surface area contributed by atoms with Crippen LogP contribution in [0.4, 0.5) is 0 Å². The minimum absolute atomic E-state index is 0.00676. The Hall–Kier alpha value is -3.08. The molecule has 1 atom stereocenters. The highest BCUT2D eigenvalue weighted by molar-refractivity contribution is 5.83. The largest absolute Gasteiger partial charge is 0.497 e. The Morgan fingerprint density at radius 3 is 2.54 bits per heavy atom. The third-order valence-electron chi connectivity index (χ3n) is 4.30. The van der Waals surface area contributed by atoms with Crippen LogP contribution in [0.5, 0.6) is 5.75 Å². The summed E-state index contributed by atoms with van der Waals surface area (Å²) in [6.45, 7) is 2.34. The van der Waals surface area contributed by atoms with Gasteiger partial charge in [0.1, 0.15) is 11.4 Å². The van der Waals surface area contributed by atoms with E-state index in [9.17, 15) is 4.79 Å². The Labute approximate surface area is 153 Å². The van der Waals surface area contributed by atoms with E-state index in [1.165, 1.54) is 0 Å². The molecule has 5 nitrogen and oxygen atoms in total. The zero-order chi connectivity index (χ0) is 18.4. The number of hydrogen-bond donors (Lipinski definition) is 1. The van der Waals surface area contributed by atoms with E-state index in [0.29, 0.717) is 18.0 Å². The number of rotatable bonds is 7. The van der Waals surface area contributed by atoms with Gasteiger partial charge in [-0.2, -0.15) is 0 Å². The number of carbonyl (C=O) groups is 1. The molecule has 0 spiro atoms. The lowest BCUT2D eigenvalue weighted by molar-refractivity contribution is -0.122. The van der Waals surface area contributed by atoms with Gasteiger partial charge >= 0.3 is 0 Å². The normalized spacial score (nSPS) is 11.8. The van der Waals surface area contributed by atoms with Gasteiger partial charge in [0.05, 0.1) is 19.6 Å². The molecular formula is C21H22N2O3. The standard InChI is InChI=1S/C21H22N2O3/c1-3-19(15-7-5-4-6-8-15)21(24)22-14-17-13-20(26-23-17)16-9-11-18(25-2)12-10-16/h4-13,19H,3,14H2,1-2H3,(H,22,24). The molecule has 26 heavy (non-hydrogen) atoms. The van der Waals surface area contributed by atoms with Crippen LogP contribution in [-0.2, 0) is 11.3 Å². The number of amides is 1. The van der Waals surface area contributed by atoms with Gasteiger partial charge in [0, 0.05) is 11.6 Å². The maximum Gasteiger partial charge on any atom is 0.227 e. The summed E-state index contributed by atoms with van der Waals surface area (Å²) in [7, 11) is 1.63. The van der Waals surface area contributed by atoms with Crippen molar-refractivity contribution in [2.75, 3.05) is 7.11 Å². The predicted molar refractivity (Wildman–Crippen MR) is 99.8 cm³/mol. The summed E-state index contributed by atoms with van der Waals surface area (Å²) >= 11 is 0. The highest BCUT2D eigenvalue weighted by Gasteiger charge is 2.18. The van der Waals surface area contributed by atoms with Gasteiger partial charge in [-0.1, -0.05) is 42.4 Å². The summed E-state index contributed by atoms with van der Waals surface area (Å²) < 4.78 is 10.5. The highest BCUT2D eigenvalue weighted by Crippen LogP contribution is 2.23. The fraction of sp³-hybridized carbons (Fsp3) is 0.238. The Balaban J connectivity index is 1.63. The van der Waals surface area contributed by atoms with Gasteiger partial charge in [0.2, 0.25) is 5.91 Å². The van der Waals surface area contributed by atoms with Gasteiger partial charge in [-0.3, -0.25) is 4.79 Å². The molecule has 1 unspecified atom stereocenters. The quantitative estimate of drug-likeness (QED) is 0.695.